The van der Waals surface area contributed by atoms with Crippen molar-refractivity contribution in [3.05, 3.63) is 6.92 Å². The molecule has 2 saturated carbocycles. The minimum Gasteiger partial charge on any atom is -0.395 e. The van der Waals surface area contributed by atoms with E-state index in [4.69, 9.17) is 0 Å². The Morgan fingerprint density at radius 2 is 1.35 bits per heavy atom. The van der Waals surface area contributed by atoms with Crippen molar-refractivity contribution in [2.24, 2.45) is 23.7 Å². The van der Waals surface area contributed by atoms with Gasteiger partial charge in [-0.3, -0.25) is 0 Å². The summed E-state index contributed by atoms with van der Waals surface area (Å²) in [7, 11) is 0. The van der Waals surface area contributed by atoms with E-state index in [0.29, 0.717) is 17.8 Å². The molecular formula is C16H29O2W2-. The number of aliphatic hydroxyl groups excluding tert-OH is 2. The number of hydrogen-bond donors (Lipinski definition) is 2. The molecule has 0 amide bonds. The van der Waals surface area contributed by atoms with Gasteiger partial charge in [-0.1, -0.05) is 32.6 Å². The Kier molecular flexibility index (Phi) is 10.8. The van der Waals surface area contributed by atoms with Crippen LogP contribution in [0.1, 0.15) is 58.3 Å². The second kappa shape index (κ2) is 10.1. The molecule has 0 heterocycles. The van der Waals surface area contributed by atoms with E-state index in [-0.39, 0.29) is 60.3 Å². The number of aliphatic hydroxyl groups is 2. The Morgan fingerprint density at radius 1 is 0.850 bits per heavy atom. The first-order valence-electron chi connectivity index (χ1n) is 7.82. The maximum Gasteiger partial charge on any atom is 0.0596 e. The molecule has 2 nitrogen and oxygen atoms in total. The third-order valence-electron chi connectivity index (χ3n) is 5.36. The van der Waals surface area contributed by atoms with E-state index in [9.17, 15) is 10.2 Å². The van der Waals surface area contributed by atoms with Crippen molar-refractivity contribution < 1.29 is 52.3 Å². The molecule has 0 saturated heterocycles. The summed E-state index contributed by atoms with van der Waals surface area (Å²) in [4.78, 5) is 0. The van der Waals surface area contributed by atoms with Crippen LogP contribution in [0.2, 0.25) is 0 Å². The zero-order valence-corrected chi connectivity index (χ0v) is 18.4. The van der Waals surface area contributed by atoms with Gasteiger partial charge in [0.15, 0.2) is 0 Å². The van der Waals surface area contributed by atoms with Crippen LogP contribution < -0.4 is 0 Å². The summed E-state index contributed by atoms with van der Waals surface area (Å²) in [5.41, 5.74) is 0. The molecule has 0 aromatic carbocycles. The molecular weight excluding hydrogens is 592 g/mol. The first-order chi connectivity index (χ1) is 8.63. The molecule has 2 fully saturated rings. The molecule has 2 aliphatic carbocycles. The van der Waals surface area contributed by atoms with E-state index < -0.39 is 0 Å². The van der Waals surface area contributed by atoms with Gasteiger partial charge in [0.05, 0.1) is 6.10 Å². The van der Waals surface area contributed by atoms with Crippen LogP contribution >= 0.6 is 0 Å². The van der Waals surface area contributed by atoms with E-state index in [2.05, 4.69) is 13.8 Å². The molecule has 4 heteroatoms. The average molecular weight is 621 g/mol. The van der Waals surface area contributed by atoms with Crippen LogP contribution in [0.4, 0.5) is 0 Å². The first kappa shape index (κ1) is 21.3. The van der Waals surface area contributed by atoms with Crippen LogP contribution in [0, 0.1) is 30.6 Å². The largest absolute Gasteiger partial charge is 0.395 e. The number of rotatable bonds is 3. The van der Waals surface area contributed by atoms with Gasteiger partial charge in [0.25, 0.3) is 0 Å². The smallest absolute Gasteiger partial charge is 0.0596 e. The molecule has 0 bridgehead atoms. The Hall–Kier alpha value is 1.30. The van der Waals surface area contributed by atoms with Gasteiger partial charge in [-0.25, -0.2) is 0 Å². The second-order valence-corrected chi connectivity index (χ2v) is 6.53. The van der Waals surface area contributed by atoms with Crippen molar-refractivity contribution in [3.8, 4) is 0 Å². The molecule has 0 aliphatic heterocycles. The van der Waals surface area contributed by atoms with Crippen molar-refractivity contribution in [1.82, 2.24) is 0 Å². The summed E-state index contributed by atoms with van der Waals surface area (Å²) in [5.74, 6) is 1.47. The van der Waals surface area contributed by atoms with E-state index in [1.165, 1.54) is 19.3 Å². The van der Waals surface area contributed by atoms with E-state index in [1.807, 2.05) is 0 Å². The normalized spacial score (nSPS) is 41.4. The Morgan fingerprint density at radius 3 is 1.95 bits per heavy atom. The van der Waals surface area contributed by atoms with Crippen LogP contribution in [-0.4, -0.2) is 22.4 Å². The van der Waals surface area contributed by atoms with E-state index in [1.54, 1.807) is 0 Å². The van der Waals surface area contributed by atoms with Gasteiger partial charge in [0.2, 0.25) is 0 Å². The SMILES string of the molecule is [CH2-]C1CCCC(CC2CCCC(CC)C2O)C1O.[W].[W]. The van der Waals surface area contributed by atoms with Gasteiger partial charge < -0.3 is 17.1 Å². The third kappa shape index (κ3) is 5.19. The van der Waals surface area contributed by atoms with Crippen molar-refractivity contribution in [3.63, 3.8) is 0 Å². The van der Waals surface area contributed by atoms with Crippen molar-refractivity contribution >= 4 is 0 Å². The average Bonchev–Trinajstić information content (AvgIpc) is 2.37. The molecule has 118 valence electrons. The quantitative estimate of drug-likeness (QED) is 0.476. The van der Waals surface area contributed by atoms with Gasteiger partial charge in [-0.15, -0.1) is 5.92 Å². The Bertz CT molecular complexity index is 263. The van der Waals surface area contributed by atoms with Crippen LogP contribution in [0.3, 0.4) is 0 Å². The monoisotopic (exact) mass is 621 g/mol. The van der Waals surface area contributed by atoms with Crippen molar-refractivity contribution in [2.45, 2.75) is 70.5 Å². The van der Waals surface area contributed by atoms with E-state index in [0.717, 1.165) is 32.1 Å². The fraction of sp³-hybridized carbons (Fsp3) is 0.938. The Balaban J connectivity index is 0.00000180. The summed E-state index contributed by atoms with van der Waals surface area (Å²) in [5, 5.41) is 20.6. The van der Waals surface area contributed by atoms with Gasteiger partial charge in [-0.05, 0) is 43.4 Å². The molecule has 2 aliphatic rings. The summed E-state index contributed by atoms with van der Waals surface area (Å²) in [6, 6.07) is 0. The zero-order chi connectivity index (χ0) is 13.1. The minimum absolute atomic E-state index is 0. The molecule has 0 spiro atoms. The topological polar surface area (TPSA) is 40.5 Å². The van der Waals surface area contributed by atoms with E-state index >= 15 is 0 Å². The molecule has 6 unspecified atom stereocenters. The molecule has 0 aromatic rings. The van der Waals surface area contributed by atoms with Crippen molar-refractivity contribution in [1.29, 1.82) is 0 Å². The summed E-state index contributed by atoms with van der Waals surface area (Å²) >= 11 is 0. The fourth-order valence-electron chi connectivity index (χ4n) is 4.09. The van der Waals surface area contributed by atoms with Crippen LogP contribution in [0.25, 0.3) is 0 Å². The standard InChI is InChI=1S/C16H29O2.2W/c1-3-12-7-5-9-14(16(12)18)10-13-8-4-6-11(2)15(13)17;;/h11-18H,2-10H2,1H3;;/q-1;;. The van der Waals surface area contributed by atoms with Crippen molar-refractivity contribution in [2.75, 3.05) is 0 Å². The molecule has 0 aromatic heterocycles. The van der Waals surface area contributed by atoms with Gasteiger partial charge in [0, 0.05) is 48.2 Å². The Labute approximate surface area is 153 Å². The second-order valence-electron chi connectivity index (χ2n) is 6.53. The van der Waals surface area contributed by atoms with Gasteiger partial charge in [-0.2, -0.15) is 0 Å². The zero-order valence-electron chi connectivity index (χ0n) is 12.5. The predicted octanol–water partition coefficient (Wildman–Crippen LogP) is 3.17. The fourth-order valence-corrected chi connectivity index (χ4v) is 4.09. The van der Waals surface area contributed by atoms with Crippen LogP contribution in [0.5, 0.6) is 0 Å². The number of hydrogen-bond acceptors (Lipinski definition) is 2. The van der Waals surface area contributed by atoms with Gasteiger partial charge >= 0.3 is 0 Å². The summed E-state index contributed by atoms with van der Waals surface area (Å²) in [6.07, 6.45) is 8.65. The molecule has 6 atom stereocenters. The maximum atomic E-state index is 10.4. The van der Waals surface area contributed by atoms with Crippen LogP contribution in [0.15, 0.2) is 0 Å². The molecule has 20 heavy (non-hydrogen) atoms. The minimum atomic E-state index is -0.243. The molecule has 2 N–H and O–H groups in total. The summed E-state index contributed by atoms with van der Waals surface area (Å²) in [6.45, 7) is 6.24. The van der Waals surface area contributed by atoms with Crippen LogP contribution in [-0.2, 0) is 42.1 Å². The third-order valence-corrected chi connectivity index (χ3v) is 5.36. The molecule has 2 rings (SSSR count). The molecule has 0 radical (unpaired) electrons. The van der Waals surface area contributed by atoms with Gasteiger partial charge in [0.1, 0.15) is 0 Å². The first-order valence-corrected chi connectivity index (χ1v) is 7.82. The predicted molar refractivity (Wildman–Crippen MR) is 73.9 cm³/mol. The summed E-state index contributed by atoms with van der Waals surface area (Å²) < 4.78 is 0. The maximum absolute atomic E-state index is 10.4.